The molecule has 1 aliphatic heterocycles. The number of amides is 2. The van der Waals surface area contributed by atoms with Gasteiger partial charge in [0.25, 0.3) is 0 Å². The fourth-order valence-electron chi connectivity index (χ4n) is 2.20. The van der Waals surface area contributed by atoms with Gasteiger partial charge in [-0.15, -0.1) is 0 Å². The van der Waals surface area contributed by atoms with Crippen LogP contribution in [0.1, 0.15) is 26.7 Å². The van der Waals surface area contributed by atoms with Gasteiger partial charge in [-0.3, -0.25) is 0 Å². The van der Waals surface area contributed by atoms with Crippen molar-refractivity contribution in [3.05, 3.63) is 0 Å². The molecule has 0 spiro atoms. The number of hydrogen-bond acceptors (Lipinski definition) is 2. The number of urea groups is 1. The lowest BCUT2D eigenvalue weighted by atomic mass is 10.0. The molecule has 1 rings (SSSR count). The van der Waals surface area contributed by atoms with Gasteiger partial charge in [0.1, 0.15) is 0 Å². The van der Waals surface area contributed by atoms with E-state index < -0.39 is 0 Å². The lowest BCUT2D eigenvalue weighted by Gasteiger charge is -2.33. The number of nitrogens with zero attached hydrogens (tertiary/aromatic N) is 2. The van der Waals surface area contributed by atoms with Crippen molar-refractivity contribution in [2.24, 2.45) is 5.92 Å². The van der Waals surface area contributed by atoms with Crippen LogP contribution in [0.25, 0.3) is 0 Å². The SMILES string of the molecule is CC(C)CC1CNCCCN1C(=O)N(C)C. The summed E-state index contributed by atoms with van der Waals surface area (Å²) in [5, 5.41) is 3.41. The summed E-state index contributed by atoms with van der Waals surface area (Å²) in [7, 11) is 3.65. The number of hydrogen-bond donors (Lipinski definition) is 1. The number of carbonyl (C=O) groups excluding carboxylic acids is 1. The van der Waals surface area contributed by atoms with Crippen LogP contribution < -0.4 is 5.32 Å². The zero-order chi connectivity index (χ0) is 12.1. The summed E-state index contributed by atoms with van der Waals surface area (Å²) in [5.74, 6) is 0.627. The maximum absolute atomic E-state index is 12.1. The molecular formula is C12H25N3O. The normalized spacial score (nSPS) is 22.1. The highest BCUT2D eigenvalue weighted by Gasteiger charge is 2.26. The molecule has 0 aliphatic carbocycles. The third kappa shape index (κ3) is 3.67. The van der Waals surface area contributed by atoms with E-state index in [4.69, 9.17) is 0 Å². The molecule has 0 aromatic rings. The van der Waals surface area contributed by atoms with E-state index in [1.54, 1.807) is 4.90 Å². The molecule has 1 unspecified atom stereocenters. The van der Waals surface area contributed by atoms with Crippen molar-refractivity contribution in [3.63, 3.8) is 0 Å². The van der Waals surface area contributed by atoms with Crippen LogP contribution in [0, 0.1) is 5.92 Å². The zero-order valence-corrected chi connectivity index (χ0v) is 11.0. The second-order valence-corrected chi connectivity index (χ2v) is 5.21. The minimum absolute atomic E-state index is 0.148. The number of rotatable bonds is 2. The van der Waals surface area contributed by atoms with Crippen LogP contribution in [0.5, 0.6) is 0 Å². The standard InChI is InChI=1S/C12H25N3O/c1-10(2)8-11-9-13-6-5-7-15(11)12(16)14(3)4/h10-11,13H,5-9H2,1-4H3. The molecule has 1 N–H and O–H groups in total. The average molecular weight is 227 g/mol. The predicted octanol–water partition coefficient (Wildman–Crippen LogP) is 1.38. The van der Waals surface area contributed by atoms with Gasteiger partial charge >= 0.3 is 6.03 Å². The molecule has 4 nitrogen and oxygen atoms in total. The molecule has 1 fully saturated rings. The Balaban J connectivity index is 2.69. The highest BCUT2D eigenvalue weighted by Crippen LogP contribution is 2.15. The van der Waals surface area contributed by atoms with E-state index in [1.807, 2.05) is 19.0 Å². The van der Waals surface area contributed by atoms with Gasteiger partial charge in [0, 0.05) is 33.2 Å². The first kappa shape index (κ1) is 13.3. The second kappa shape index (κ2) is 6.09. The summed E-state index contributed by atoms with van der Waals surface area (Å²) in [5.41, 5.74) is 0. The van der Waals surface area contributed by atoms with Crippen molar-refractivity contribution in [2.45, 2.75) is 32.7 Å². The Kier molecular flexibility index (Phi) is 5.06. The quantitative estimate of drug-likeness (QED) is 0.773. The van der Waals surface area contributed by atoms with Gasteiger partial charge in [-0.25, -0.2) is 4.79 Å². The molecule has 1 heterocycles. The van der Waals surface area contributed by atoms with Gasteiger partial charge in [-0.05, 0) is 25.3 Å². The Labute approximate surface area is 99.0 Å². The lowest BCUT2D eigenvalue weighted by molar-refractivity contribution is 0.145. The van der Waals surface area contributed by atoms with E-state index in [9.17, 15) is 4.79 Å². The van der Waals surface area contributed by atoms with Gasteiger partial charge in [0.05, 0.1) is 0 Å². The zero-order valence-electron chi connectivity index (χ0n) is 11.0. The summed E-state index contributed by atoms with van der Waals surface area (Å²) in [6.07, 6.45) is 2.13. The smallest absolute Gasteiger partial charge is 0.319 e. The summed E-state index contributed by atoms with van der Waals surface area (Å²) in [6, 6.07) is 0.492. The Hall–Kier alpha value is -0.770. The fourth-order valence-corrected chi connectivity index (χ4v) is 2.20. The van der Waals surface area contributed by atoms with Gasteiger partial charge in [0.15, 0.2) is 0 Å². The molecule has 1 saturated heterocycles. The van der Waals surface area contributed by atoms with Crippen LogP contribution in [0.4, 0.5) is 4.79 Å². The van der Waals surface area contributed by atoms with Crippen LogP contribution in [0.2, 0.25) is 0 Å². The molecule has 16 heavy (non-hydrogen) atoms. The van der Waals surface area contributed by atoms with Gasteiger partial charge in [-0.2, -0.15) is 0 Å². The van der Waals surface area contributed by atoms with Crippen molar-refractivity contribution in [2.75, 3.05) is 33.7 Å². The summed E-state index contributed by atoms with van der Waals surface area (Å²) in [6.45, 7) is 7.25. The maximum atomic E-state index is 12.1. The van der Waals surface area contributed by atoms with Crippen molar-refractivity contribution in [1.82, 2.24) is 15.1 Å². The molecule has 4 heteroatoms. The van der Waals surface area contributed by atoms with Gasteiger partial charge in [0.2, 0.25) is 0 Å². The molecule has 0 aromatic carbocycles. The largest absolute Gasteiger partial charge is 0.331 e. The highest BCUT2D eigenvalue weighted by atomic mass is 16.2. The lowest BCUT2D eigenvalue weighted by Crippen LogP contribution is -2.48. The van der Waals surface area contributed by atoms with Crippen LogP contribution in [-0.2, 0) is 0 Å². The Morgan fingerprint density at radius 2 is 2.19 bits per heavy atom. The van der Waals surface area contributed by atoms with E-state index in [-0.39, 0.29) is 6.03 Å². The minimum Gasteiger partial charge on any atom is -0.331 e. The predicted molar refractivity (Wildman–Crippen MR) is 66.5 cm³/mol. The summed E-state index contributed by atoms with van der Waals surface area (Å²) in [4.78, 5) is 15.8. The summed E-state index contributed by atoms with van der Waals surface area (Å²) < 4.78 is 0. The van der Waals surface area contributed by atoms with Crippen molar-refractivity contribution < 1.29 is 4.79 Å². The van der Waals surface area contributed by atoms with Crippen LogP contribution in [0.15, 0.2) is 0 Å². The van der Waals surface area contributed by atoms with Gasteiger partial charge < -0.3 is 15.1 Å². The average Bonchev–Trinajstić information content (AvgIpc) is 2.41. The first-order valence-corrected chi connectivity index (χ1v) is 6.21. The molecule has 1 atom stereocenters. The van der Waals surface area contributed by atoms with Gasteiger partial charge in [-0.1, -0.05) is 13.8 Å². The Bertz CT molecular complexity index is 228. The van der Waals surface area contributed by atoms with Crippen LogP contribution in [0.3, 0.4) is 0 Å². The van der Waals surface area contributed by atoms with E-state index in [2.05, 4.69) is 19.2 Å². The van der Waals surface area contributed by atoms with Crippen molar-refractivity contribution in [3.8, 4) is 0 Å². The Morgan fingerprint density at radius 3 is 2.75 bits per heavy atom. The van der Waals surface area contributed by atoms with Crippen LogP contribution >= 0.6 is 0 Å². The molecule has 0 saturated carbocycles. The molecule has 0 radical (unpaired) electrons. The Morgan fingerprint density at radius 1 is 1.50 bits per heavy atom. The first-order chi connectivity index (χ1) is 7.52. The van der Waals surface area contributed by atoms with E-state index in [0.717, 1.165) is 32.5 Å². The molecule has 0 bridgehead atoms. The number of carbonyl (C=O) groups is 1. The van der Waals surface area contributed by atoms with E-state index in [1.165, 1.54) is 0 Å². The molecule has 1 aliphatic rings. The molecule has 2 amide bonds. The van der Waals surface area contributed by atoms with E-state index >= 15 is 0 Å². The first-order valence-electron chi connectivity index (χ1n) is 6.21. The monoisotopic (exact) mass is 227 g/mol. The van der Waals surface area contributed by atoms with Crippen molar-refractivity contribution >= 4 is 6.03 Å². The maximum Gasteiger partial charge on any atom is 0.319 e. The molecule has 94 valence electrons. The fraction of sp³-hybridized carbons (Fsp3) is 0.917. The molecular weight excluding hydrogens is 202 g/mol. The minimum atomic E-state index is 0.148. The highest BCUT2D eigenvalue weighted by molar-refractivity contribution is 5.74. The summed E-state index contributed by atoms with van der Waals surface area (Å²) >= 11 is 0. The third-order valence-corrected chi connectivity index (χ3v) is 2.95. The topological polar surface area (TPSA) is 35.6 Å². The van der Waals surface area contributed by atoms with Crippen molar-refractivity contribution in [1.29, 1.82) is 0 Å². The van der Waals surface area contributed by atoms with Crippen LogP contribution in [-0.4, -0.2) is 55.6 Å². The molecule has 0 aromatic heterocycles. The van der Waals surface area contributed by atoms with E-state index in [0.29, 0.717) is 12.0 Å². The second-order valence-electron chi connectivity index (χ2n) is 5.21. The third-order valence-electron chi connectivity index (χ3n) is 2.95. The number of nitrogens with one attached hydrogen (secondary N) is 1.